The number of carbonyl (C=O) groups is 1. The molecule has 4 rings (SSSR count). The molecule has 1 amide bonds. The van der Waals surface area contributed by atoms with Crippen LogP contribution in [-0.2, 0) is 0 Å². The van der Waals surface area contributed by atoms with Gasteiger partial charge in [-0.3, -0.25) is 14.8 Å². The second-order valence-electron chi connectivity index (χ2n) is 6.59. The van der Waals surface area contributed by atoms with Gasteiger partial charge in [0.05, 0.1) is 29.2 Å². The van der Waals surface area contributed by atoms with Crippen molar-refractivity contribution in [2.75, 3.05) is 15.8 Å². The highest BCUT2D eigenvalue weighted by atomic mass is 19.1. The van der Waals surface area contributed by atoms with Crippen LogP contribution in [0.5, 0.6) is 0 Å². The molecular formula is C19H19FN4O2. The maximum Gasteiger partial charge on any atom is 0.249 e. The van der Waals surface area contributed by atoms with Gasteiger partial charge in [0.15, 0.2) is 0 Å². The Morgan fingerprint density at radius 3 is 2.65 bits per heavy atom. The second-order valence-corrected chi connectivity index (χ2v) is 6.59. The molecule has 7 heteroatoms. The van der Waals surface area contributed by atoms with Crippen LogP contribution in [-0.4, -0.2) is 23.2 Å². The fourth-order valence-corrected chi connectivity index (χ4v) is 3.54. The molecule has 6 nitrogen and oxygen atoms in total. The van der Waals surface area contributed by atoms with E-state index in [1.54, 1.807) is 41.6 Å². The lowest BCUT2D eigenvalue weighted by Crippen LogP contribution is -2.55. The van der Waals surface area contributed by atoms with Crippen molar-refractivity contribution >= 4 is 29.0 Å². The van der Waals surface area contributed by atoms with Crippen molar-refractivity contribution < 1.29 is 14.3 Å². The summed E-state index contributed by atoms with van der Waals surface area (Å²) in [6.07, 6.45) is 4.23. The number of benzene rings is 2. The second kappa shape index (κ2) is 6.03. The molecule has 0 aromatic heterocycles. The van der Waals surface area contributed by atoms with Crippen LogP contribution in [0.25, 0.3) is 6.08 Å². The number of carbonyl (C=O) groups excluding carboxylic acids is 1. The molecule has 0 atom stereocenters. The van der Waals surface area contributed by atoms with Crippen LogP contribution in [0.3, 0.4) is 0 Å². The average Bonchev–Trinajstić information content (AvgIpc) is 2.58. The maximum absolute atomic E-state index is 13.8. The van der Waals surface area contributed by atoms with Gasteiger partial charge in [0.25, 0.3) is 0 Å². The number of halogens is 1. The quantitative estimate of drug-likeness (QED) is 0.735. The van der Waals surface area contributed by atoms with Crippen LogP contribution >= 0.6 is 0 Å². The summed E-state index contributed by atoms with van der Waals surface area (Å²) in [6.45, 7) is 0. The Balaban J connectivity index is 1.87. The Hall–Kier alpha value is -3.06. The molecule has 0 spiro atoms. The summed E-state index contributed by atoms with van der Waals surface area (Å²) >= 11 is 0. The van der Waals surface area contributed by atoms with Gasteiger partial charge in [-0.15, -0.1) is 0 Å². The molecule has 26 heavy (non-hydrogen) atoms. The first-order valence-electron chi connectivity index (χ1n) is 8.38. The molecular weight excluding hydrogens is 335 g/mol. The Labute approximate surface area is 150 Å². The SMILES string of the molecule is NC(=O)c1ccc(N)c2c1C=CN(c1cccc(F)c1)N2C1CC(O)C1. The Bertz CT molecular complexity index is 908. The van der Waals surface area contributed by atoms with Crippen molar-refractivity contribution in [2.45, 2.75) is 25.0 Å². The summed E-state index contributed by atoms with van der Waals surface area (Å²) in [5.74, 6) is -0.896. The van der Waals surface area contributed by atoms with Gasteiger partial charge in [-0.25, -0.2) is 4.39 Å². The number of hydrazine groups is 1. The number of nitrogens with zero attached hydrogens (tertiary/aromatic N) is 2. The highest BCUT2D eigenvalue weighted by molar-refractivity contribution is 6.02. The summed E-state index contributed by atoms with van der Waals surface area (Å²) in [6, 6.07) is 9.44. The number of fused-ring (bicyclic) bond motifs is 1. The van der Waals surface area contributed by atoms with E-state index < -0.39 is 5.91 Å². The fraction of sp³-hybridized carbons (Fsp3) is 0.211. The number of aliphatic hydroxyl groups excluding tert-OH is 1. The highest BCUT2D eigenvalue weighted by Gasteiger charge is 2.39. The van der Waals surface area contributed by atoms with E-state index in [0.29, 0.717) is 41.0 Å². The number of nitrogens with two attached hydrogens (primary N) is 2. The first-order chi connectivity index (χ1) is 12.5. The normalized spacial score (nSPS) is 21.3. The van der Waals surface area contributed by atoms with Gasteiger partial charge in [-0.05, 0) is 49.2 Å². The third-order valence-corrected chi connectivity index (χ3v) is 4.86. The van der Waals surface area contributed by atoms with Crippen molar-refractivity contribution in [3.8, 4) is 0 Å². The number of anilines is 3. The zero-order chi connectivity index (χ0) is 18.4. The van der Waals surface area contributed by atoms with E-state index in [-0.39, 0.29) is 18.0 Å². The van der Waals surface area contributed by atoms with Gasteiger partial charge in [-0.1, -0.05) is 6.07 Å². The summed E-state index contributed by atoms with van der Waals surface area (Å²) in [4.78, 5) is 11.8. The van der Waals surface area contributed by atoms with Crippen LogP contribution < -0.4 is 21.5 Å². The number of primary amides is 1. The molecule has 134 valence electrons. The molecule has 1 aliphatic heterocycles. The summed E-state index contributed by atoms with van der Waals surface area (Å²) in [7, 11) is 0. The van der Waals surface area contributed by atoms with Crippen LogP contribution in [0, 0.1) is 5.82 Å². The largest absolute Gasteiger partial charge is 0.397 e. The number of nitrogen functional groups attached to an aromatic ring is 1. The lowest BCUT2D eigenvalue weighted by Gasteiger charge is -2.49. The summed E-state index contributed by atoms with van der Waals surface area (Å²) < 4.78 is 13.8. The number of aliphatic hydroxyl groups is 1. The van der Waals surface area contributed by atoms with Crippen LogP contribution in [0.2, 0.25) is 0 Å². The monoisotopic (exact) mass is 354 g/mol. The highest BCUT2D eigenvalue weighted by Crippen LogP contribution is 2.42. The standard InChI is InChI=1S/C19H19FN4O2/c20-11-2-1-3-12(8-11)23-7-6-15-16(19(22)26)4-5-17(21)18(15)24(23)13-9-14(25)10-13/h1-8,13-14,25H,9-10,21H2,(H2,22,26). The van der Waals surface area contributed by atoms with Gasteiger partial charge in [0.1, 0.15) is 5.82 Å². The third kappa shape index (κ3) is 2.57. The molecule has 2 aromatic carbocycles. The van der Waals surface area contributed by atoms with E-state index in [1.807, 2.05) is 5.01 Å². The summed E-state index contributed by atoms with van der Waals surface area (Å²) in [5, 5.41) is 13.5. The topological polar surface area (TPSA) is 95.8 Å². The number of hydrogen-bond donors (Lipinski definition) is 3. The van der Waals surface area contributed by atoms with E-state index in [0.717, 1.165) is 0 Å². The van der Waals surface area contributed by atoms with E-state index in [4.69, 9.17) is 11.5 Å². The van der Waals surface area contributed by atoms with Crippen molar-refractivity contribution in [3.63, 3.8) is 0 Å². The van der Waals surface area contributed by atoms with Gasteiger partial charge in [-0.2, -0.15) is 0 Å². The van der Waals surface area contributed by atoms with Crippen LogP contribution in [0.15, 0.2) is 42.6 Å². The molecule has 1 saturated carbocycles. The molecule has 1 heterocycles. The van der Waals surface area contributed by atoms with Gasteiger partial charge >= 0.3 is 0 Å². The minimum Gasteiger partial charge on any atom is -0.397 e. The Morgan fingerprint density at radius 2 is 2.00 bits per heavy atom. The lowest BCUT2D eigenvalue weighted by atomic mass is 9.87. The van der Waals surface area contributed by atoms with Gasteiger partial charge < -0.3 is 16.6 Å². The van der Waals surface area contributed by atoms with Crippen LogP contribution in [0.4, 0.5) is 21.5 Å². The van der Waals surface area contributed by atoms with Gasteiger partial charge in [0.2, 0.25) is 5.91 Å². The maximum atomic E-state index is 13.8. The van der Waals surface area contributed by atoms with Crippen LogP contribution in [0.1, 0.15) is 28.8 Å². The number of rotatable bonds is 3. The Morgan fingerprint density at radius 1 is 1.23 bits per heavy atom. The predicted molar refractivity (Wildman–Crippen MR) is 98.8 cm³/mol. The average molecular weight is 354 g/mol. The molecule has 1 fully saturated rings. The molecule has 0 radical (unpaired) electrons. The summed E-state index contributed by atoms with van der Waals surface area (Å²) in [5.41, 5.74) is 14.5. The van der Waals surface area contributed by atoms with E-state index in [2.05, 4.69) is 0 Å². The predicted octanol–water partition coefficient (Wildman–Crippen LogP) is 2.24. The zero-order valence-electron chi connectivity index (χ0n) is 14.0. The van der Waals surface area contributed by atoms with Gasteiger partial charge in [0, 0.05) is 17.3 Å². The van der Waals surface area contributed by atoms with Crippen molar-refractivity contribution in [2.24, 2.45) is 5.73 Å². The molecule has 0 bridgehead atoms. The number of hydrogen-bond acceptors (Lipinski definition) is 5. The first-order valence-corrected chi connectivity index (χ1v) is 8.38. The van der Waals surface area contributed by atoms with Crippen molar-refractivity contribution in [1.82, 2.24) is 0 Å². The molecule has 2 aromatic rings. The first kappa shape index (κ1) is 16.4. The molecule has 0 unspecified atom stereocenters. The molecule has 5 N–H and O–H groups in total. The fourth-order valence-electron chi connectivity index (χ4n) is 3.54. The molecule has 1 aliphatic carbocycles. The Kier molecular flexibility index (Phi) is 3.81. The number of amides is 1. The zero-order valence-corrected chi connectivity index (χ0v) is 14.0. The third-order valence-electron chi connectivity index (χ3n) is 4.86. The molecule has 0 saturated heterocycles. The lowest BCUT2D eigenvalue weighted by molar-refractivity contribution is 0.0730. The minimum atomic E-state index is -0.543. The minimum absolute atomic E-state index is 0.0256. The van der Waals surface area contributed by atoms with E-state index in [9.17, 15) is 14.3 Å². The van der Waals surface area contributed by atoms with E-state index >= 15 is 0 Å². The van der Waals surface area contributed by atoms with Crippen molar-refractivity contribution in [3.05, 3.63) is 59.5 Å². The molecule has 2 aliphatic rings. The smallest absolute Gasteiger partial charge is 0.249 e. The van der Waals surface area contributed by atoms with E-state index in [1.165, 1.54) is 12.1 Å². The van der Waals surface area contributed by atoms with Crippen molar-refractivity contribution in [1.29, 1.82) is 0 Å².